The van der Waals surface area contributed by atoms with Crippen molar-refractivity contribution in [2.75, 3.05) is 17.4 Å². The summed E-state index contributed by atoms with van der Waals surface area (Å²) in [6.07, 6.45) is -3.49. The zero-order valence-electron chi connectivity index (χ0n) is 18.8. The summed E-state index contributed by atoms with van der Waals surface area (Å²) in [4.78, 5) is 24.9. The van der Waals surface area contributed by atoms with Crippen LogP contribution >= 0.6 is 11.3 Å². The molecule has 2 aromatic carbocycles. The summed E-state index contributed by atoms with van der Waals surface area (Å²) >= 11 is 1.11. The SMILES string of the molecule is O=C(O)C(F)(F)F.O=C(O)[C@@H](Nc1nnc(Nc2ccc3cccnc3c2O)s1)c1ccc2c(c1)OCO2. The quantitative estimate of drug-likeness (QED) is 0.217. The van der Waals surface area contributed by atoms with Crippen LogP contribution in [0.3, 0.4) is 0 Å². The number of fused-ring (bicyclic) bond motifs is 2. The minimum atomic E-state index is -5.08. The number of phenols is 1. The maximum absolute atomic E-state index is 11.8. The fraction of sp³-hybridized carbons (Fsp3) is 0.136. The number of ether oxygens (including phenoxy) is 2. The van der Waals surface area contributed by atoms with Gasteiger partial charge in [-0.1, -0.05) is 29.5 Å². The molecular weight excluding hydrogens is 535 g/mol. The van der Waals surface area contributed by atoms with Gasteiger partial charge in [0, 0.05) is 11.6 Å². The minimum absolute atomic E-state index is 0.00779. The first-order chi connectivity index (χ1) is 18.0. The van der Waals surface area contributed by atoms with Crippen molar-refractivity contribution in [3.63, 3.8) is 0 Å². The van der Waals surface area contributed by atoms with Crippen molar-refractivity contribution in [1.29, 1.82) is 0 Å². The van der Waals surface area contributed by atoms with E-state index in [0.717, 1.165) is 16.7 Å². The van der Waals surface area contributed by atoms with Crippen molar-refractivity contribution in [2.45, 2.75) is 12.2 Å². The molecule has 0 fully saturated rings. The normalized spacial score (nSPS) is 12.8. The van der Waals surface area contributed by atoms with E-state index in [1.54, 1.807) is 36.5 Å². The first kappa shape index (κ1) is 26.2. The number of rotatable bonds is 6. The second-order valence-corrected chi connectivity index (χ2v) is 8.38. The number of phenolic OH excluding ortho intramolecular Hbond substituents is 1. The minimum Gasteiger partial charge on any atom is -0.504 e. The van der Waals surface area contributed by atoms with Crippen molar-refractivity contribution in [1.82, 2.24) is 15.2 Å². The van der Waals surface area contributed by atoms with Crippen LogP contribution in [0.25, 0.3) is 10.9 Å². The summed E-state index contributed by atoms with van der Waals surface area (Å²) in [6, 6.07) is 11.0. The number of carboxylic acid groups (broad SMARTS) is 2. The van der Waals surface area contributed by atoms with E-state index in [9.17, 15) is 28.2 Å². The van der Waals surface area contributed by atoms with Gasteiger partial charge in [-0.25, -0.2) is 9.59 Å². The van der Waals surface area contributed by atoms with Crippen LogP contribution < -0.4 is 20.1 Å². The molecule has 0 saturated heterocycles. The molecule has 2 aromatic heterocycles. The van der Waals surface area contributed by atoms with Crippen LogP contribution in [-0.2, 0) is 9.59 Å². The van der Waals surface area contributed by atoms with Crippen LogP contribution in [0.4, 0.5) is 29.1 Å². The predicted octanol–water partition coefficient (Wildman–Crippen LogP) is 4.14. The number of aromatic hydroxyl groups is 1. The highest BCUT2D eigenvalue weighted by molar-refractivity contribution is 7.19. The van der Waals surface area contributed by atoms with Crippen molar-refractivity contribution >= 4 is 50.1 Å². The molecule has 5 rings (SSSR count). The molecule has 0 bridgehead atoms. The van der Waals surface area contributed by atoms with Gasteiger partial charge < -0.3 is 35.4 Å². The third kappa shape index (κ3) is 5.92. The highest BCUT2D eigenvalue weighted by Gasteiger charge is 2.38. The Bertz CT molecular complexity index is 1500. The number of aromatic nitrogens is 3. The maximum atomic E-state index is 11.8. The van der Waals surface area contributed by atoms with E-state index in [-0.39, 0.29) is 12.5 Å². The topological polar surface area (TPSA) is 176 Å². The second-order valence-electron chi connectivity index (χ2n) is 7.41. The Morgan fingerprint density at radius 1 is 1.03 bits per heavy atom. The highest BCUT2D eigenvalue weighted by Crippen LogP contribution is 2.37. The molecule has 38 heavy (non-hydrogen) atoms. The van der Waals surface area contributed by atoms with E-state index in [2.05, 4.69) is 25.8 Å². The summed E-state index contributed by atoms with van der Waals surface area (Å²) in [5, 5.41) is 42.7. The maximum Gasteiger partial charge on any atom is 0.490 e. The number of alkyl halides is 3. The van der Waals surface area contributed by atoms with Crippen molar-refractivity contribution in [3.05, 3.63) is 54.2 Å². The molecule has 198 valence electrons. The molecule has 0 amide bonds. The van der Waals surface area contributed by atoms with Gasteiger partial charge in [-0.05, 0) is 29.8 Å². The summed E-state index contributed by atoms with van der Waals surface area (Å²) < 4.78 is 42.3. The Labute approximate surface area is 214 Å². The first-order valence-corrected chi connectivity index (χ1v) is 11.2. The monoisotopic (exact) mass is 551 g/mol. The van der Waals surface area contributed by atoms with Gasteiger partial charge in [-0.3, -0.25) is 4.98 Å². The number of nitrogens with one attached hydrogen (secondary N) is 2. The van der Waals surface area contributed by atoms with Gasteiger partial charge in [0.25, 0.3) is 0 Å². The number of hydrogen-bond acceptors (Lipinski definition) is 11. The van der Waals surface area contributed by atoms with Crippen molar-refractivity contribution in [2.24, 2.45) is 0 Å². The van der Waals surface area contributed by atoms with E-state index in [4.69, 9.17) is 19.4 Å². The van der Waals surface area contributed by atoms with E-state index < -0.39 is 24.2 Å². The Morgan fingerprint density at radius 2 is 1.74 bits per heavy atom. The summed E-state index contributed by atoms with van der Waals surface area (Å²) in [6.45, 7) is 0.104. The lowest BCUT2D eigenvalue weighted by atomic mass is 10.1. The molecule has 1 aliphatic rings. The number of benzene rings is 2. The smallest absolute Gasteiger partial charge is 0.490 e. The van der Waals surface area contributed by atoms with Gasteiger partial charge in [-0.15, -0.1) is 10.2 Å². The Hall–Kier alpha value is -4.86. The van der Waals surface area contributed by atoms with Crippen molar-refractivity contribution in [3.8, 4) is 17.2 Å². The zero-order chi connectivity index (χ0) is 27.4. The highest BCUT2D eigenvalue weighted by atomic mass is 32.1. The van der Waals surface area contributed by atoms with E-state index in [1.165, 1.54) is 0 Å². The Morgan fingerprint density at radius 3 is 2.45 bits per heavy atom. The molecule has 1 atom stereocenters. The van der Waals surface area contributed by atoms with E-state index in [0.29, 0.717) is 38.5 Å². The molecule has 1 aliphatic heterocycles. The number of halogens is 3. The van der Waals surface area contributed by atoms with E-state index >= 15 is 0 Å². The zero-order valence-corrected chi connectivity index (χ0v) is 19.6. The third-order valence-corrected chi connectivity index (χ3v) is 5.67. The van der Waals surface area contributed by atoms with Crippen LogP contribution in [0.15, 0.2) is 48.7 Å². The van der Waals surface area contributed by atoms with Gasteiger partial charge in [0.15, 0.2) is 23.3 Å². The number of carbonyl (C=O) groups is 2. The summed E-state index contributed by atoms with van der Waals surface area (Å²) in [7, 11) is 0. The average Bonchev–Trinajstić information content (AvgIpc) is 3.53. The standard InChI is InChI=1S/C20H15N5O5S.C2HF3O2/c26-17-12(5-3-10-2-1-7-21-15(10)17)22-19-24-25-20(31-19)23-16(18(27)28)11-4-6-13-14(8-11)30-9-29-13;3-2(4,5)1(6)7/h1-8,16,26H,9H2,(H,22,24)(H,23,25)(H,27,28);(H,6,7)/t16-;/m0./s1. The van der Waals surface area contributed by atoms with Crippen LogP contribution in [0.5, 0.6) is 17.2 Å². The molecule has 0 radical (unpaired) electrons. The average molecular weight is 551 g/mol. The van der Waals surface area contributed by atoms with Crippen molar-refractivity contribution < 1.29 is 47.6 Å². The molecule has 0 saturated carbocycles. The second kappa shape index (κ2) is 10.6. The number of aliphatic carboxylic acids is 2. The third-order valence-electron chi connectivity index (χ3n) is 4.90. The van der Waals surface area contributed by atoms with Gasteiger partial charge >= 0.3 is 18.1 Å². The number of anilines is 3. The molecule has 3 heterocycles. The molecule has 4 aromatic rings. The van der Waals surface area contributed by atoms with E-state index in [1.807, 2.05) is 12.1 Å². The largest absolute Gasteiger partial charge is 0.504 e. The lowest BCUT2D eigenvalue weighted by Gasteiger charge is -2.14. The number of hydrogen-bond donors (Lipinski definition) is 5. The molecule has 16 heteroatoms. The Kier molecular flexibility index (Phi) is 7.33. The lowest BCUT2D eigenvalue weighted by Crippen LogP contribution is -2.21. The number of pyridine rings is 1. The molecule has 0 spiro atoms. The first-order valence-electron chi connectivity index (χ1n) is 10.4. The Balaban J connectivity index is 0.000000426. The van der Waals surface area contributed by atoms with Gasteiger partial charge in [0.1, 0.15) is 5.52 Å². The van der Waals surface area contributed by atoms with Crippen LogP contribution in [0.2, 0.25) is 0 Å². The molecule has 0 unspecified atom stereocenters. The fourth-order valence-corrected chi connectivity index (χ4v) is 3.87. The lowest BCUT2D eigenvalue weighted by molar-refractivity contribution is -0.192. The molecule has 0 aliphatic carbocycles. The van der Waals surface area contributed by atoms with Crippen LogP contribution in [0, 0.1) is 0 Å². The van der Waals surface area contributed by atoms with Gasteiger partial charge in [0.05, 0.1) is 5.69 Å². The van der Waals surface area contributed by atoms with Crippen LogP contribution in [0.1, 0.15) is 11.6 Å². The summed E-state index contributed by atoms with van der Waals surface area (Å²) in [5.74, 6) is -2.79. The number of nitrogens with zero attached hydrogens (tertiary/aromatic N) is 3. The molecular formula is C22H16F3N5O7S. The fourth-order valence-electron chi connectivity index (χ4n) is 3.18. The number of carboxylic acids is 2. The predicted molar refractivity (Wildman–Crippen MR) is 127 cm³/mol. The van der Waals surface area contributed by atoms with Gasteiger partial charge in [-0.2, -0.15) is 13.2 Å². The van der Waals surface area contributed by atoms with Crippen LogP contribution in [-0.4, -0.2) is 55.4 Å². The summed E-state index contributed by atoms with van der Waals surface area (Å²) in [5.41, 5.74) is 1.36. The van der Waals surface area contributed by atoms with Gasteiger partial charge in [0.2, 0.25) is 17.1 Å². The molecule has 12 nitrogen and oxygen atoms in total. The molecule has 5 N–H and O–H groups in total.